The maximum Gasteiger partial charge on any atom is 0.248 e. The molecule has 0 aliphatic heterocycles. The molecule has 1 N–H and O–H groups in total. The van der Waals surface area contributed by atoms with Crippen LogP contribution in [0.25, 0.3) is 22.1 Å². The van der Waals surface area contributed by atoms with Gasteiger partial charge in [-0.2, -0.15) is 0 Å². The van der Waals surface area contributed by atoms with Crippen molar-refractivity contribution in [2.24, 2.45) is 0 Å². The number of halogens is 1. The van der Waals surface area contributed by atoms with Gasteiger partial charge in [0.05, 0.1) is 5.69 Å². The van der Waals surface area contributed by atoms with E-state index < -0.39 is 0 Å². The first-order valence-electron chi connectivity index (χ1n) is 7.07. The Hall–Kier alpha value is -2.64. The van der Waals surface area contributed by atoms with E-state index in [-0.39, 0.29) is 5.91 Å². The van der Waals surface area contributed by atoms with E-state index in [9.17, 15) is 4.79 Å². The molecule has 8 heteroatoms. The molecular formula is C16H11ClN4O2S. The van der Waals surface area contributed by atoms with Crippen LogP contribution in [0.15, 0.2) is 40.3 Å². The zero-order valence-electron chi connectivity index (χ0n) is 12.5. The zero-order chi connectivity index (χ0) is 16.7. The molecule has 0 spiro atoms. The maximum absolute atomic E-state index is 12.1. The number of hydrogen-bond acceptors (Lipinski definition) is 5. The fourth-order valence-corrected chi connectivity index (χ4v) is 3.39. The van der Waals surface area contributed by atoms with Crippen LogP contribution in [0.1, 0.15) is 11.6 Å². The van der Waals surface area contributed by atoms with Gasteiger partial charge in [0.15, 0.2) is 21.6 Å². The predicted molar refractivity (Wildman–Crippen MR) is 94.5 cm³/mol. The summed E-state index contributed by atoms with van der Waals surface area (Å²) in [5.74, 6) is 0.319. The number of nitrogens with one attached hydrogen (secondary N) is 1. The Balaban J connectivity index is 1.55. The lowest BCUT2D eigenvalue weighted by molar-refractivity contribution is -0.111. The van der Waals surface area contributed by atoms with Gasteiger partial charge in [-0.15, -0.1) is 11.3 Å². The smallest absolute Gasteiger partial charge is 0.248 e. The minimum absolute atomic E-state index is 0.268. The first kappa shape index (κ1) is 14.9. The van der Waals surface area contributed by atoms with Gasteiger partial charge in [0.2, 0.25) is 5.91 Å². The number of anilines is 1. The highest BCUT2D eigenvalue weighted by atomic mass is 35.5. The van der Waals surface area contributed by atoms with Crippen molar-refractivity contribution in [2.75, 3.05) is 5.32 Å². The second kappa shape index (κ2) is 5.77. The molecule has 3 aromatic heterocycles. The molecule has 0 radical (unpaired) electrons. The molecule has 0 saturated carbocycles. The molecule has 24 heavy (non-hydrogen) atoms. The third kappa shape index (κ3) is 2.68. The second-order valence-corrected chi connectivity index (χ2v) is 6.31. The Bertz CT molecular complexity index is 1090. The molecule has 0 aliphatic rings. The fraction of sp³-hybridized carbons (Fsp3) is 0.0625. The van der Waals surface area contributed by atoms with Crippen molar-refractivity contribution in [3.8, 4) is 0 Å². The van der Waals surface area contributed by atoms with Gasteiger partial charge in [0.1, 0.15) is 5.52 Å². The van der Waals surface area contributed by atoms with Crippen molar-refractivity contribution >= 4 is 56.7 Å². The standard InChI is InChI=1S/C16H11ClN4O2S/c1-9-18-11-8-10(2-4-13(11)23-9)19-14(22)5-3-12-15(17)20-16-21(12)6-7-24-16/h2-8H,1H3,(H,19,22)/b5-3+. The van der Waals surface area contributed by atoms with Crippen LogP contribution in [-0.2, 0) is 4.79 Å². The number of carbonyl (C=O) groups is 1. The van der Waals surface area contributed by atoms with Gasteiger partial charge in [0.25, 0.3) is 0 Å². The van der Waals surface area contributed by atoms with Crippen LogP contribution in [0.5, 0.6) is 0 Å². The molecule has 4 aromatic rings. The Labute approximate surface area is 145 Å². The van der Waals surface area contributed by atoms with E-state index >= 15 is 0 Å². The summed E-state index contributed by atoms with van der Waals surface area (Å²) in [5, 5.41) is 5.06. The molecule has 0 atom stereocenters. The van der Waals surface area contributed by atoms with Gasteiger partial charge < -0.3 is 9.73 Å². The van der Waals surface area contributed by atoms with Gasteiger partial charge in [-0.05, 0) is 24.3 Å². The van der Waals surface area contributed by atoms with Crippen molar-refractivity contribution in [1.29, 1.82) is 0 Å². The number of oxazole rings is 1. The number of aryl methyl sites for hydroxylation is 1. The summed E-state index contributed by atoms with van der Waals surface area (Å²) in [6.07, 6.45) is 4.92. The highest BCUT2D eigenvalue weighted by Crippen LogP contribution is 2.23. The van der Waals surface area contributed by atoms with E-state index in [1.165, 1.54) is 17.4 Å². The second-order valence-electron chi connectivity index (χ2n) is 5.08. The zero-order valence-corrected chi connectivity index (χ0v) is 14.1. The first-order chi connectivity index (χ1) is 11.6. The number of fused-ring (bicyclic) bond motifs is 2. The average Bonchev–Trinajstić information content (AvgIpc) is 3.19. The number of amides is 1. The van der Waals surface area contributed by atoms with Gasteiger partial charge in [-0.1, -0.05) is 11.6 Å². The van der Waals surface area contributed by atoms with Gasteiger partial charge >= 0.3 is 0 Å². The summed E-state index contributed by atoms with van der Waals surface area (Å²) in [4.78, 5) is 21.4. The summed E-state index contributed by atoms with van der Waals surface area (Å²) in [5.41, 5.74) is 2.70. The molecule has 120 valence electrons. The van der Waals surface area contributed by atoms with E-state index in [0.29, 0.717) is 33.5 Å². The Morgan fingerprint density at radius 3 is 3.17 bits per heavy atom. The molecule has 3 heterocycles. The minimum atomic E-state index is -0.268. The summed E-state index contributed by atoms with van der Waals surface area (Å²) < 4.78 is 7.24. The number of aromatic nitrogens is 3. The van der Waals surface area contributed by atoms with Crippen molar-refractivity contribution in [2.45, 2.75) is 6.92 Å². The molecule has 0 unspecified atom stereocenters. The lowest BCUT2D eigenvalue weighted by Crippen LogP contribution is -2.07. The molecule has 0 saturated heterocycles. The van der Waals surface area contributed by atoms with Crippen LogP contribution >= 0.6 is 22.9 Å². The fourth-order valence-electron chi connectivity index (χ4n) is 2.38. The third-order valence-corrected chi connectivity index (χ3v) is 4.44. The van der Waals surface area contributed by atoms with Crippen LogP contribution in [0.3, 0.4) is 0 Å². The SMILES string of the molecule is Cc1nc2cc(NC(=O)/C=C/c3c(Cl)nc4sccn34)ccc2o1. The van der Waals surface area contributed by atoms with Crippen molar-refractivity contribution in [1.82, 2.24) is 14.4 Å². The highest BCUT2D eigenvalue weighted by molar-refractivity contribution is 7.15. The maximum atomic E-state index is 12.1. The molecule has 4 rings (SSSR count). The quantitative estimate of drug-likeness (QED) is 0.558. The van der Waals surface area contributed by atoms with Crippen molar-refractivity contribution in [3.05, 3.63) is 52.6 Å². The monoisotopic (exact) mass is 358 g/mol. The molecule has 1 aromatic carbocycles. The van der Waals surface area contributed by atoms with Gasteiger partial charge in [-0.3, -0.25) is 9.20 Å². The van der Waals surface area contributed by atoms with Crippen molar-refractivity contribution in [3.63, 3.8) is 0 Å². The molecule has 0 aliphatic carbocycles. The topological polar surface area (TPSA) is 72.4 Å². The number of hydrogen-bond donors (Lipinski definition) is 1. The van der Waals surface area contributed by atoms with Gasteiger partial charge in [-0.25, -0.2) is 9.97 Å². The van der Waals surface area contributed by atoms with E-state index in [1.54, 1.807) is 31.2 Å². The average molecular weight is 359 g/mol. The van der Waals surface area contributed by atoms with Crippen LogP contribution in [0.2, 0.25) is 5.15 Å². The van der Waals surface area contributed by atoms with E-state index in [2.05, 4.69) is 15.3 Å². The summed E-state index contributed by atoms with van der Waals surface area (Å²) in [7, 11) is 0. The molecule has 0 bridgehead atoms. The normalized spacial score (nSPS) is 11.8. The third-order valence-electron chi connectivity index (χ3n) is 3.41. The highest BCUT2D eigenvalue weighted by Gasteiger charge is 2.09. The predicted octanol–water partition coefficient (Wildman–Crippen LogP) is 4.15. The molecule has 0 fully saturated rings. The van der Waals surface area contributed by atoms with Crippen LogP contribution in [0.4, 0.5) is 5.69 Å². The van der Waals surface area contributed by atoms with Gasteiger partial charge in [0, 0.05) is 30.3 Å². The lowest BCUT2D eigenvalue weighted by Gasteiger charge is -2.01. The number of rotatable bonds is 3. The van der Waals surface area contributed by atoms with E-state index in [1.807, 2.05) is 16.0 Å². The van der Waals surface area contributed by atoms with Crippen LogP contribution < -0.4 is 5.32 Å². The number of carbonyl (C=O) groups excluding carboxylic acids is 1. The van der Waals surface area contributed by atoms with Crippen LogP contribution in [0, 0.1) is 6.92 Å². The summed E-state index contributed by atoms with van der Waals surface area (Å²) in [6.45, 7) is 1.78. The number of imidazole rings is 1. The Kier molecular flexibility index (Phi) is 3.59. The lowest BCUT2D eigenvalue weighted by atomic mass is 10.3. The minimum Gasteiger partial charge on any atom is -0.441 e. The first-order valence-corrected chi connectivity index (χ1v) is 8.33. The number of nitrogens with zero attached hydrogens (tertiary/aromatic N) is 3. The van der Waals surface area contributed by atoms with E-state index in [0.717, 1.165) is 4.96 Å². The number of benzene rings is 1. The molecule has 1 amide bonds. The molecular weight excluding hydrogens is 348 g/mol. The van der Waals surface area contributed by atoms with E-state index in [4.69, 9.17) is 16.0 Å². The van der Waals surface area contributed by atoms with Crippen molar-refractivity contribution < 1.29 is 9.21 Å². The Morgan fingerprint density at radius 2 is 2.29 bits per heavy atom. The summed E-state index contributed by atoms with van der Waals surface area (Å²) >= 11 is 7.57. The summed E-state index contributed by atoms with van der Waals surface area (Å²) in [6, 6.07) is 5.30. The molecule has 6 nitrogen and oxygen atoms in total. The van der Waals surface area contributed by atoms with Crippen LogP contribution in [-0.4, -0.2) is 20.3 Å². The largest absolute Gasteiger partial charge is 0.441 e. The number of thiazole rings is 1. The Morgan fingerprint density at radius 1 is 1.42 bits per heavy atom.